The van der Waals surface area contributed by atoms with E-state index in [1.807, 2.05) is 4.90 Å². The molecule has 1 fully saturated rings. The highest BCUT2D eigenvalue weighted by Gasteiger charge is 2.17. The minimum atomic E-state index is -0.0577. The fourth-order valence-electron chi connectivity index (χ4n) is 2.86. The first-order chi connectivity index (χ1) is 11.7. The molecule has 0 unspecified atom stereocenters. The van der Waals surface area contributed by atoms with Crippen LogP contribution >= 0.6 is 0 Å². The van der Waals surface area contributed by atoms with Crippen molar-refractivity contribution in [2.75, 3.05) is 31.5 Å². The maximum Gasteiger partial charge on any atom is 0.253 e. The Morgan fingerprint density at radius 3 is 2.33 bits per heavy atom. The quantitative estimate of drug-likeness (QED) is 0.755. The van der Waals surface area contributed by atoms with Crippen LogP contribution in [-0.4, -0.2) is 42.9 Å². The summed E-state index contributed by atoms with van der Waals surface area (Å²) in [6.07, 6.45) is 6.78. The van der Waals surface area contributed by atoms with Crippen LogP contribution in [0.2, 0.25) is 0 Å². The van der Waals surface area contributed by atoms with Gasteiger partial charge in [-0.1, -0.05) is 26.2 Å². The molecule has 2 N–H and O–H groups in total. The third-order valence-corrected chi connectivity index (χ3v) is 4.30. The van der Waals surface area contributed by atoms with E-state index in [0.717, 1.165) is 51.0 Å². The number of carbonyl (C=O) groups excluding carboxylic acids is 2. The van der Waals surface area contributed by atoms with Crippen LogP contribution in [0.3, 0.4) is 0 Å². The summed E-state index contributed by atoms with van der Waals surface area (Å²) in [5.74, 6) is 0.0358. The first-order valence-electron chi connectivity index (χ1n) is 9.10. The van der Waals surface area contributed by atoms with Crippen LogP contribution in [0, 0.1) is 0 Å². The van der Waals surface area contributed by atoms with Crippen molar-refractivity contribution in [2.24, 2.45) is 0 Å². The van der Waals surface area contributed by atoms with E-state index in [-0.39, 0.29) is 11.8 Å². The van der Waals surface area contributed by atoms with Crippen molar-refractivity contribution in [1.29, 1.82) is 0 Å². The molecule has 1 heterocycles. The average Bonchev–Trinajstić information content (AvgIpc) is 2.88. The van der Waals surface area contributed by atoms with Gasteiger partial charge in [0.15, 0.2) is 0 Å². The van der Waals surface area contributed by atoms with Crippen molar-refractivity contribution in [3.63, 3.8) is 0 Å². The topological polar surface area (TPSA) is 61.4 Å². The second-order valence-electron chi connectivity index (χ2n) is 6.36. The summed E-state index contributed by atoms with van der Waals surface area (Å²) in [6.45, 7) is 4.99. The standard InChI is InChI=1S/C19H29N3O2/c1-2-3-12-20-15-18(23)21-17-10-8-16(9-11-17)19(24)22-13-6-4-5-7-14-22/h8-11,20H,2-7,12-15H2,1H3,(H,21,23). The molecule has 0 atom stereocenters. The average molecular weight is 331 g/mol. The molecule has 0 spiro atoms. The van der Waals surface area contributed by atoms with Gasteiger partial charge in [-0.15, -0.1) is 0 Å². The molecule has 24 heavy (non-hydrogen) atoms. The van der Waals surface area contributed by atoms with Crippen molar-refractivity contribution in [2.45, 2.75) is 45.4 Å². The fourth-order valence-corrected chi connectivity index (χ4v) is 2.86. The van der Waals surface area contributed by atoms with Gasteiger partial charge in [0.1, 0.15) is 0 Å². The van der Waals surface area contributed by atoms with E-state index in [9.17, 15) is 9.59 Å². The monoisotopic (exact) mass is 331 g/mol. The number of likely N-dealkylation sites (tertiary alicyclic amines) is 1. The minimum Gasteiger partial charge on any atom is -0.339 e. The number of rotatable bonds is 7. The zero-order chi connectivity index (χ0) is 17.2. The molecule has 1 aliphatic rings. The lowest BCUT2D eigenvalue weighted by atomic mass is 10.1. The highest BCUT2D eigenvalue weighted by atomic mass is 16.2. The molecule has 2 rings (SSSR count). The van der Waals surface area contributed by atoms with Crippen molar-refractivity contribution in [3.8, 4) is 0 Å². The maximum atomic E-state index is 12.5. The van der Waals surface area contributed by atoms with E-state index in [1.165, 1.54) is 12.8 Å². The summed E-state index contributed by atoms with van der Waals surface area (Å²) >= 11 is 0. The highest BCUT2D eigenvalue weighted by Crippen LogP contribution is 2.15. The van der Waals surface area contributed by atoms with Gasteiger partial charge >= 0.3 is 0 Å². The highest BCUT2D eigenvalue weighted by molar-refractivity contribution is 5.96. The third-order valence-electron chi connectivity index (χ3n) is 4.30. The van der Waals surface area contributed by atoms with Crippen LogP contribution in [-0.2, 0) is 4.79 Å². The number of unbranched alkanes of at least 4 members (excludes halogenated alkanes) is 1. The van der Waals surface area contributed by atoms with Gasteiger partial charge in [0.2, 0.25) is 5.91 Å². The normalized spacial score (nSPS) is 15.0. The minimum absolute atomic E-state index is 0.0577. The van der Waals surface area contributed by atoms with Crippen molar-refractivity contribution < 1.29 is 9.59 Å². The van der Waals surface area contributed by atoms with Crippen molar-refractivity contribution >= 4 is 17.5 Å². The maximum absolute atomic E-state index is 12.5. The lowest BCUT2D eigenvalue weighted by molar-refractivity contribution is -0.115. The van der Waals surface area contributed by atoms with E-state index in [0.29, 0.717) is 12.1 Å². The van der Waals surface area contributed by atoms with E-state index in [1.54, 1.807) is 24.3 Å². The number of hydrogen-bond donors (Lipinski definition) is 2. The fraction of sp³-hybridized carbons (Fsp3) is 0.579. The number of nitrogens with zero attached hydrogens (tertiary/aromatic N) is 1. The number of carbonyl (C=O) groups is 2. The molecule has 2 amide bonds. The van der Waals surface area contributed by atoms with Gasteiger partial charge in [-0.05, 0) is 50.1 Å². The Labute approximate surface area is 144 Å². The number of amides is 2. The third kappa shape index (κ3) is 5.96. The summed E-state index contributed by atoms with van der Waals surface area (Å²) in [6, 6.07) is 7.20. The molecule has 5 nitrogen and oxygen atoms in total. The molecule has 5 heteroatoms. The summed E-state index contributed by atoms with van der Waals surface area (Å²) in [7, 11) is 0. The van der Waals surface area contributed by atoms with Gasteiger partial charge in [-0.2, -0.15) is 0 Å². The second kappa shape index (κ2) is 10.1. The predicted molar refractivity (Wildman–Crippen MR) is 97.2 cm³/mol. The van der Waals surface area contributed by atoms with Crippen LogP contribution in [0.15, 0.2) is 24.3 Å². The zero-order valence-corrected chi connectivity index (χ0v) is 14.6. The lowest BCUT2D eigenvalue weighted by Gasteiger charge is -2.20. The van der Waals surface area contributed by atoms with Crippen LogP contribution in [0.1, 0.15) is 55.8 Å². The second-order valence-corrected chi connectivity index (χ2v) is 6.36. The molecule has 1 aromatic carbocycles. The molecule has 0 aromatic heterocycles. The smallest absolute Gasteiger partial charge is 0.253 e. The summed E-state index contributed by atoms with van der Waals surface area (Å²) in [5.41, 5.74) is 1.42. The Morgan fingerprint density at radius 1 is 1.04 bits per heavy atom. The Morgan fingerprint density at radius 2 is 1.71 bits per heavy atom. The van der Waals surface area contributed by atoms with Crippen LogP contribution < -0.4 is 10.6 Å². The van der Waals surface area contributed by atoms with Crippen LogP contribution in [0.5, 0.6) is 0 Å². The summed E-state index contributed by atoms with van der Waals surface area (Å²) < 4.78 is 0. The SMILES string of the molecule is CCCCNCC(=O)Nc1ccc(C(=O)N2CCCCCC2)cc1. The van der Waals surface area contributed by atoms with Gasteiger partial charge in [0, 0.05) is 24.3 Å². The van der Waals surface area contributed by atoms with Gasteiger partial charge in [-0.25, -0.2) is 0 Å². The molecule has 1 saturated heterocycles. The largest absolute Gasteiger partial charge is 0.339 e. The van der Waals surface area contributed by atoms with E-state index >= 15 is 0 Å². The van der Waals surface area contributed by atoms with E-state index in [4.69, 9.17) is 0 Å². The first-order valence-corrected chi connectivity index (χ1v) is 9.10. The van der Waals surface area contributed by atoms with Crippen molar-refractivity contribution in [1.82, 2.24) is 10.2 Å². The van der Waals surface area contributed by atoms with Gasteiger partial charge < -0.3 is 15.5 Å². The Balaban J connectivity index is 1.83. The van der Waals surface area contributed by atoms with E-state index < -0.39 is 0 Å². The molecule has 1 aliphatic heterocycles. The number of benzene rings is 1. The van der Waals surface area contributed by atoms with Gasteiger partial charge in [-0.3, -0.25) is 9.59 Å². The Kier molecular flexibility index (Phi) is 7.75. The van der Waals surface area contributed by atoms with Crippen LogP contribution in [0.25, 0.3) is 0 Å². The molecule has 0 radical (unpaired) electrons. The summed E-state index contributed by atoms with van der Waals surface area (Å²) in [4.78, 5) is 26.3. The molecule has 132 valence electrons. The van der Waals surface area contributed by atoms with E-state index in [2.05, 4.69) is 17.6 Å². The molecule has 0 aliphatic carbocycles. The molecular weight excluding hydrogens is 302 g/mol. The lowest BCUT2D eigenvalue weighted by Crippen LogP contribution is -2.31. The number of anilines is 1. The molecule has 0 saturated carbocycles. The van der Waals surface area contributed by atoms with Crippen molar-refractivity contribution in [3.05, 3.63) is 29.8 Å². The van der Waals surface area contributed by atoms with Gasteiger partial charge in [0.25, 0.3) is 5.91 Å². The predicted octanol–water partition coefficient (Wildman–Crippen LogP) is 3.03. The zero-order valence-electron chi connectivity index (χ0n) is 14.6. The van der Waals surface area contributed by atoms with Gasteiger partial charge in [0.05, 0.1) is 6.54 Å². The van der Waals surface area contributed by atoms with Crippen LogP contribution in [0.4, 0.5) is 5.69 Å². The first kappa shape index (κ1) is 18.5. The number of hydrogen-bond acceptors (Lipinski definition) is 3. The Hall–Kier alpha value is -1.88. The number of nitrogens with one attached hydrogen (secondary N) is 2. The summed E-state index contributed by atoms with van der Waals surface area (Å²) in [5, 5.41) is 5.96. The Bertz CT molecular complexity index is 520. The molecule has 1 aromatic rings. The molecule has 0 bridgehead atoms. The molecular formula is C19H29N3O2.